The Bertz CT molecular complexity index is 348. The minimum atomic E-state index is 0.0173. The highest BCUT2D eigenvalue weighted by atomic mass is 16.5. The molecule has 0 N–H and O–H groups in total. The summed E-state index contributed by atoms with van der Waals surface area (Å²) in [5, 5.41) is 0. The van der Waals surface area contributed by atoms with E-state index in [1.165, 1.54) is 0 Å². The van der Waals surface area contributed by atoms with E-state index in [1.54, 1.807) is 0 Å². The zero-order chi connectivity index (χ0) is 14.1. The molecule has 106 valence electrons. The number of hydrogen-bond donors (Lipinski definition) is 0. The zero-order valence-electron chi connectivity index (χ0n) is 12.3. The molecule has 19 heavy (non-hydrogen) atoms. The Morgan fingerprint density at radius 2 is 1.84 bits per heavy atom. The first-order chi connectivity index (χ1) is 9.21. The molecule has 2 nitrogen and oxygen atoms in total. The Balaban J connectivity index is 2.53. The second kappa shape index (κ2) is 8.87. The average molecular weight is 262 g/mol. The molecule has 0 aliphatic carbocycles. The van der Waals surface area contributed by atoms with Crippen molar-refractivity contribution in [2.75, 3.05) is 0 Å². The van der Waals surface area contributed by atoms with Crippen molar-refractivity contribution in [1.29, 1.82) is 0 Å². The molecule has 0 amide bonds. The first-order valence-electron chi connectivity index (χ1n) is 7.32. The van der Waals surface area contributed by atoms with E-state index < -0.39 is 0 Å². The third-order valence-electron chi connectivity index (χ3n) is 3.73. The van der Waals surface area contributed by atoms with Gasteiger partial charge in [0.05, 0.1) is 12.7 Å². The Morgan fingerprint density at radius 1 is 1.16 bits per heavy atom. The van der Waals surface area contributed by atoms with E-state index in [1.807, 2.05) is 18.2 Å². The predicted molar refractivity (Wildman–Crippen MR) is 78.9 cm³/mol. The molecule has 1 aromatic carbocycles. The van der Waals surface area contributed by atoms with E-state index in [-0.39, 0.29) is 12.0 Å². The van der Waals surface area contributed by atoms with Gasteiger partial charge in [-0.1, -0.05) is 57.5 Å². The predicted octanol–water partition coefficient (Wildman–Crippen LogP) is 4.23. The lowest BCUT2D eigenvalue weighted by Gasteiger charge is -2.24. The van der Waals surface area contributed by atoms with E-state index in [2.05, 4.69) is 32.9 Å². The fourth-order valence-electron chi connectivity index (χ4n) is 2.25. The Morgan fingerprint density at radius 3 is 2.37 bits per heavy atom. The van der Waals surface area contributed by atoms with Gasteiger partial charge in [0, 0.05) is 5.92 Å². The lowest BCUT2D eigenvalue weighted by molar-refractivity contribution is -0.117. The third-order valence-corrected chi connectivity index (χ3v) is 3.73. The molecule has 0 bridgehead atoms. The van der Waals surface area contributed by atoms with Gasteiger partial charge in [-0.3, -0.25) is 0 Å². The lowest BCUT2D eigenvalue weighted by atomic mass is 9.90. The van der Waals surface area contributed by atoms with Gasteiger partial charge in [0.15, 0.2) is 0 Å². The second-order valence-electron chi connectivity index (χ2n) is 5.29. The second-order valence-corrected chi connectivity index (χ2v) is 5.29. The van der Waals surface area contributed by atoms with Crippen LogP contribution in [0.4, 0.5) is 0 Å². The van der Waals surface area contributed by atoms with Crippen LogP contribution in [0.2, 0.25) is 0 Å². The topological polar surface area (TPSA) is 26.3 Å². The monoisotopic (exact) mass is 262 g/mol. The van der Waals surface area contributed by atoms with Gasteiger partial charge in [0.2, 0.25) is 0 Å². The summed E-state index contributed by atoms with van der Waals surface area (Å²) in [5.74, 6) is 0.591. The minimum absolute atomic E-state index is 0.0173. The van der Waals surface area contributed by atoms with Crippen molar-refractivity contribution in [3.8, 4) is 0 Å². The van der Waals surface area contributed by atoms with Gasteiger partial charge in [0.1, 0.15) is 6.29 Å². The number of aldehydes is 1. The lowest BCUT2D eigenvalue weighted by Crippen LogP contribution is -2.26. The van der Waals surface area contributed by atoms with E-state index in [4.69, 9.17) is 4.74 Å². The molecular formula is C17H26O2. The number of carbonyl (C=O) groups excluding carboxylic acids is 1. The van der Waals surface area contributed by atoms with Crippen LogP contribution in [0.5, 0.6) is 0 Å². The fraction of sp³-hybridized carbons (Fsp3) is 0.588. The highest BCUT2D eigenvalue weighted by Gasteiger charge is 2.22. The highest BCUT2D eigenvalue weighted by molar-refractivity contribution is 5.54. The molecule has 0 fully saturated rings. The first kappa shape index (κ1) is 15.9. The van der Waals surface area contributed by atoms with Crippen molar-refractivity contribution in [1.82, 2.24) is 0 Å². The number of rotatable bonds is 9. The van der Waals surface area contributed by atoms with Crippen LogP contribution in [-0.2, 0) is 16.1 Å². The van der Waals surface area contributed by atoms with Crippen molar-refractivity contribution >= 4 is 6.29 Å². The molecule has 2 heteroatoms. The molecular weight excluding hydrogens is 236 g/mol. The van der Waals surface area contributed by atoms with Crippen LogP contribution in [0.3, 0.4) is 0 Å². The van der Waals surface area contributed by atoms with Gasteiger partial charge >= 0.3 is 0 Å². The molecule has 3 atom stereocenters. The van der Waals surface area contributed by atoms with E-state index in [9.17, 15) is 4.79 Å². The largest absolute Gasteiger partial charge is 0.373 e. The third kappa shape index (κ3) is 5.56. The molecule has 0 unspecified atom stereocenters. The van der Waals surface area contributed by atoms with Crippen LogP contribution in [-0.4, -0.2) is 12.4 Å². The Hall–Kier alpha value is -1.15. The van der Waals surface area contributed by atoms with Crippen LogP contribution < -0.4 is 0 Å². The summed E-state index contributed by atoms with van der Waals surface area (Å²) in [7, 11) is 0. The summed E-state index contributed by atoms with van der Waals surface area (Å²) in [4.78, 5) is 11.3. The normalized spacial score (nSPS) is 15.7. The maximum absolute atomic E-state index is 11.3. The first-order valence-corrected chi connectivity index (χ1v) is 7.32. The number of carbonyl (C=O) groups is 1. The molecule has 1 aromatic rings. The molecule has 1 rings (SSSR count). The van der Waals surface area contributed by atoms with Gasteiger partial charge in [-0.05, 0) is 24.3 Å². The summed E-state index contributed by atoms with van der Waals surface area (Å²) >= 11 is 0. The molecule has 0 saturated carbocycles. The molecule has 0 aliphatic rings. The molecule has 0 aliphatic heterocycles. The van der Waals surface area contributed by atoms with Crippen LogP contribution in [0.15, 0.2) is 30.3 Å². The molecule has 0 spiro atoms. The van der Waals surface area contributed by atoms with Crippen molar-refractivity contribution in [2.45, 2.75) is 52.7 Å². The zero-order valence-corrected chi connectivity index (χ0v) is 12.3. The van der Waals surface area contributed by atoms with Gasteiger partial charge < -0.3 is 9.53 Å². The maximum Gasteiger partial charge on any atom is 0.125 e. The van der Waals surface area contributed by atoms with Crippen molar-refractivity contribution < 1.29 is 9.53 Å². The summed E-state index contributed by atoms with van der Waals surface area (Å²) in [6.45, 7) is 7.03. The SMILES string of the molecule is CC[C@H](C)C[C@@H](C=O)[C@@H](CC)OCc1ccccc1. The fourth-order valence-corrected chi connectivity index (χ4v) is 2.25. The Labute approximate surface area is 117 Å². The van der Waals surface area contributed by atoms with E-state index in [0.29, 0.717) is 12.5 Å². The number of benzene rings is 1. The quantitative estimate of drug-likeness (QED) is 0.622. The standard InChI is InChI=1S/C17H26O2/c1-4-14(3)11-16(12-18)17(5-2)19-13-15-9-7-6-8-10-15/h6-10,12,14,16-17H,4-5,11,13H2,1-3H3/t14-,16-,17+/m0/s1. The Kier molecular flexibility index (Phi) is 7.42. The van der Waals surface area contributed by atoms with E-state index >= 15 is 0 Å². The summed E-state index contributed by atoms with van der Waals surface area (Å²) in [6.07, 6.45) is 4.02. The van der Waals surface area contributed by atoms with Crippen LogP contribution in [0.1, 0.15) is 45.6 Å². The highest BCUT2D eigenvalue weighted by Crippen LogP contribution is 2.21. The van der Waals surface area contributed by atoms with Gasteiger partial charge in [-0.15, -0.1) is 0 Å². The van der Waals surface area contributed by atoms with Crippen LogP contribution in [0, 0.1) is 11.8 Å². The molecule has 0 heterocycles. The maximum atomic E-state index is 11.3. The number of ether oxygens (including phenoxy) is 1. The number of hydrogen-bond acceptors (Lipinski definition) is 2. The van der Waals surface area contributed by atoms with Crippen molar-refractivity contribution in [3.63, 3.8) is 0 Å². The molecule has 0 aromatic heterocycles. The summed E-state index contributed by atoms with van der Waals surface area (Å²) in [5.41, 5.74) is 1.16. The van der Waals surface area contributed by atoms with Crippen LogP contribution >= 0.6 is 0 Å². The van der Waals surface area contributed by atoms with E-state index in [0.717, 1.165) is 31.1 Å². The van der Waals surface area contributed by atoms with Gasteiger partial charge in [0.25, 0.3) is 0 Å². The van der Waals surface area contributed by atoms with Crippen molar-refractivity contribution in [3.05, 3.63) is 35.9 Å². The van der Waals surface area contributed by atoms with Gasteiger partial charge in [-0.2, -0.15) is 0 Å². The minimum Gasteiger partial charge on any atom is -0.373 e. The smallest absolute Gasteiger partial charge is 0.125 e. The molecule has 0 radical (unpaired) electrons. The summed E-state index contributed by atoms with van der Waals surface area (Å²) < 4.78 is 5.94. The van der Waals surface area contributed by atoms with Crippen molar-refractivity contribution in [2.24, 2.45) is 11.8 Å². The molecule has 0 saturated heterocycles. The van der Waals surface area contributed by atoms with Gasteiger partial charge in [-0.25, -0.2) is 0 Å². The summed E-state index contributed by atoms with van der Waals surface area (Å²) in [6, 6.07) is 10.1. The average Bonchev–Trinajstić information content (AvgIpc) is 2.47. The van der Waals surface area contributed by atoms with Crippen LogP contribution in [0.25, 0.3) is 0 Å².